The molecule has 0 saturated heterocycles. The molecule has 3 nitrogen and oxygen atoms in total. The van der Waals surface area contributed by atoms with Crippen molar-refractivity contribution in [1.29, 1.82) is 0 Å². The van der Waals surface area contributed by atoms with E-state index in [2.05, 4.69) is 27.6 Å². The number of aliphatic hydroxyl groups excluding tert-OH is 1. The molecular formula is C13H12INO2. The van der Waals surface area contributed by atoms with Gasteiger partial charge < -0.3 is 9.84 Å². The highest BCUT2D eigenvalue weighted by Gasteiger charge is 2.10. The van der Waals surface area contributed by atoms with Gasteiger partial charge in [0.25, 0.3) is 0 Å². The van der Waals surface area contributed by atoms with E-state index in [0.29, 0.717) is 11.4 Å². The van der Waals surface area contributed by atoms with Gasteiger partial charge in [-0.3, -0.25) is 0 Å². The molecule has 1 aromatic carbocycles. The van der Waals surface area contributed by atoms with Crippen LogP contribution in [0.4, 0.5) is 0 Å². The molecule has 88 valence electrons. The summed E-state index contributed by atoms with van der Waals surface area (Å²) in [6, 6.07) is 11.3. The lowest BCUT2D eigenvalue weighted by molar-refractivity contribution is 0.194. The molecule has 2 rings (SSSR count). The van der Waals surface area contributed by atoms with Gasteiger partial charge in [0.1, 0.15) is 5.75 Å². The van der Waals surface area contributed by atoms with Gasteiger partial charge in [-0.15, -0.1) is 0 Å². The third-order valence-electron chi connectivity index (χ3n) is 2.26. The molecule has 0 spiro atoms. The molecule has 0 amide bonds. The van der Waals surface area contributed by atoms with E-state index in [1.807, 2.05) is 24.3 Å². The van der Waals surface area contributed by atoms with Crippen molar-refractivity contribution in [3.8, 4) is 11.6 Å². The summed E-state index contributed by atoms with van der Waals surface area (Å²) in [6.45, 7) is 1.69. The van der Waals surface area contributed by atoms with Crippen LogP contribution in [0, 0.1) is 3.57 Å². The molecule has 1 atom stereocenters. The number of nitrogens with zero attached hydrogens (tertiary/aromatic N) is 1. The van der Waals surface area contributed by atoms with Gasteiger partial charge >= 0.3 is 0 Å². The Morgan fingerprint density at radius 1 is 1.29 bits per heavy atom. The number of ether oxygens (including phenoxy) is 1. The maximum absolute atomic E-state index is 9.62. The number of hydrogen-bond donors (Lipinski definition) is 1. The predicted molar refractivity (Wildman–Crippen MR) is 74.1 cm³/mol. The molecule has 1 aromatic heterocycles. The van der Waals surface area contributed by atoms with Crippen LogP contribution < -0.4 is 4.74 Å². The Hall–Kier alpha value is -1.14. The fraction of sp³-hybridized carbons (Fsp3) is 0.154. The van der Waals surface area contributed by atoms with Gasteiger partial charge in [-0.25, -0.2) is 4.98 Å². The lowest BCUT2D eigenvalue weighted by Gasteiger charge is -2.11. The Morgan fingerprint density at radius 3 is 2.82 bits per heavy atom. The minimum absolute atomic E-state index is 0.449. The molecule has 2 aromatic rings. The Balaban J connectivity index is 2.30. The molecule has 0 fully saturated rings. The molecule has 0 aliphatic heterocycles. The summed E-state index contributed by atoms with van der Waals surface area (Å²) in [4.78, 5) is 4.14. The van der Waals surface area contributed by atoms with Crippen LogP contribution in [0.3, 0.4) is 0 Å². The van der Waals surface area contributed by atoms with E-state index in [-0.39, 0.29) is 0 Å². The van der Waals surface area contributed by atoms with Crippen LogP contribution in [0.2, 0.25) is 0 Å². The molecule has 1 unspecified atom stereocenters. The van der Waals surface area contributed by atoms with Gasteiger partial charge in [0.2, 0.25) is 5.88 Å². The number of hydrogen-bond acceptors (Lipinski definition) is 3. The molecule has 0 radical (unpaired) electrons. The first kappa shape index (κ1) is 12.3. The lowest BCUT2D eigenvalue weighted by atomic mass is 10.2. The van der Waals surface area contributed by atoms with Crippen molar-refractivity contribution in [3.63, 3.8) is 0 Å². The third-order valence-corrected chi connectivity index (χ3v) is 2.93. The number of aromatic nitrogens is 1. The molecule has 1 N–H and O–H groups in total. The molecule has 0 aliphatic carbocycles. The van der Waals surface area contributed by atoms with Crippen LogP contribution in [0.1, 0.15) is 18.6 Å². The van der Waals surface area contributed by atoms with Crippen molar-refractivity contribution in [3.05, 3.63) is 51.7 Å². The summed E-state index contributed by atoms with van der Waals surface area (Å²) in [5.74, 6) is 1.17. The van der Waals surface area contributed by atoms with E-state index in [1.165, 1.54) is 0 Å². The maximum Gasteiger partial charge on any atom is 0.225 e. The zero-order chi connectivity index (χ0) is 12.3. The second-order valence-corrected chi connectivity index (χ2v) is 4.88. The quantitative estimate of drug-likeness (QED) is 0.869. The fourth-order valence-electron chi connectivity index (χ4n) is 1.45. The highest BCUT2D eigenvalue weighted by Crippen LogP contribution is 2.27. The predicted octanol–water partition coefficient (Wildman–Crippen LogP) is 3.53. The van der Waals surface area contributed by atoms with Gasteiger partial charge in [0, 0.05) is 15.3 Å². The largest absolute Gasteiger partial charge is 0.439 e. The number of benzene rings is 1. The van der Waals surface area contributed by atoms with Crippen LogP contribution >= 0.6 is 22.6 Å². The molecule has 17 heavy (non-hydrogen) atoms. The van der Waals surface area contributed by atoms with Crippen molar-refractivity contribution in [2.45, 2.75) is 13.0 Å². The van der Waals surface area contributed by atoms with Gasteiger partial charge in [0.15, 0.2) is 0 Å². The minimum atomic E-state index is -0.596. The van der Waals surface area contributed by atoms with Gasteiger partial charge in [0.05, 0.1) is 6.10 Å². The van der Waals surface area contributed by atoms with E-state index in [9.17, 15) is 5.11 Å². The van der Waals surface area contributed by atoms with Gasteiger partial charge in [-0.1, -0.05) is 6.07 Å². The molecule has 0 saturated carbocycles. The normalized spacial score (nSPS) is 12.2. The molecule has 0 bridgehead atoms. The van der Waals surface area contributed by atoms with Crippen LogP contribution in [0.5, 0.6) is 11.6 Å². The highest BCUT2D eigenvalue weighted by molar-refractivity contribution is 14.1. The Bertz CT molecular complexity index is 514. The first-order valence-corrected chi connectivity index (χ1v) is 6.31. The summed E-state index contributed by atoms with van der Waals surface area (Å²) in [5.41, 5.74) is 0.686. The van der Waals surface area contributed by atoms with E-state index in [0.717, 1.165) is 9.32 Å². The van der Waals surface area contributed by atoms with Crippen molar-refractivity contribution in [1.82, 2.24) is 4.98 Å². The van der Waals surface area contributed by atoms with E-state index in [4.69, 9.17) is 4.74 Å². The molecular weight excluding hydrogens is 329 g/mol. The molecule has 4 heteroatoms. The second kappa shape index (κ2) is 5.46. The highest BCUT2D eigenvalue weighted by atomic mass is 127. The van der Waals surface area contributed by atoms with Crippen LogP contribution in [-0.4, -0.2) is 10.1 Å². The van der Waals surface area contributed by atoms with Crippen LogP contribution in [0.25, 0.3) is 0 Å². The Labute approximate surface area is 114 Å². The van der Waals surface area contributed by atoms with Crippen LogP contribution in [-0.2, 0) is 0 Å². The lowest BCUT2D eigenvalue weighted by Crippen LogP contribution is -1.98. The smallest absolute Gasteiger partial charge is 0.225 e. The number of halogens is 1. The zero-order valence-corrected chi connectivity index (χ0v) is 11.5. The summed E-state index contributed by atoms with van der Waals surface area (Å²) in [7, 11) is 0. The summed E-state index contributed by atoms with van der Waals surface area (Å²) >= 11 is 2.22. The second-order valence-electron chi connectivity index (χ2n) is 3.63. The number of rotatable bonds is 3. The number of pyridine rings is 1. The van der Waals surface area contributed by atoms with Crippen molar-refractivity contribution in [2.75, 3.05) is 0 Å². The monoisotopic (exact) mass is 341 g/mol. The van der Waals surface area contributed by atoms with Gasteiger partial charge in [-0.05, 0) is 59.8 Å². The Morgan fingerprint density at radius 2 is 2.12 bits per heavy atom. The fourth-order valence-corrected chi connectivity index (χ4v) is 1.96. The molecule has 1 heterocycles. The average Bonchev–Trinajstić information content (AvgIpc) is 2.29. The van der Waals surface area contributed by atoms with E-state index in [1.54, 1.807) is 25.3 Å². The van der Waals surface area contributed by atoms with Gasteiger partial charge in [-0.2, -0.15) is 0 Å². The average molecular weight is 341 g/mol. The van der Waals surface area contributed by atoms with E-state index >= 15 is 0 Å². The van der Waals surface area contributed by atoms with Crippen molar-refractivity contribution >= 4 is 22.6 Å². The van der Waals surface area contributed by atoms with Crippen molar-refractivity contribution < 1.29 is 9.84 Å². The van der Waals surface area contributed by atoms with Crippen LogP contribution in [0.15, 0.2) is 42.6 Å². The minimum Gasteiger partial charge on any atom is -0.439 e. The molecule has 0 aliphatic rings. The standard InChI is InChI=1S/C13H12INO2/c1-9(16)12-6-3-7-15-13(12)17-11-5-2-4-10(14)8-11/h2-9,16H,1H3. The summed E-state index contributed by atoms with van der Waals surface area (Å²) < 4.78 is 6.77. The maximum atomic E-state index is 9.62. The summed E-state index contributed by atoms with van der Waals surface area (Å²) in [6.07, 6.45) is 1.05. The Kier molecular flexibility index (Phi) is 3.96. The third kappa shape index (κ3) is 3.17. The van der Waals surface area contributed by atoms with E-state index < -0.39 is 6.10 Å². The SMILES string of the molecule is CC(O)c1cccnc1Oc1cccc(I)c1. The number of aliphatic hydroxyl groups is 1. The topological polar surface area (TPSA) is 42.4 Å². The summed E-state index contributed by atoms with van der Waals surface area (Å²) in [5, 5.41) is 9.62. The zero-order valence-electron chi connectivity index (χ0n) is 9.30. The first-order valence-electron chi connectivity index (χ1n) is 5.23. The van der Waals surface area contributed by atoms with Crippen molar-refractivity contribution in [2.24, 2.45) is 0 Å². The first-order chi connectivity index (χ1) is 8.16.